The van der Waals surface area contributed by atoms with Crippen molar-refractivity contribution in [1.29, 1.82) is 5.41 Å². The number of carbonyl (C=O) groups is 1. The summed E-state index contributed by atoms with van der Waals surface area (Å²) in [7, 11) is -2.46. The van der Waals surface area contributed by atoms with E-state index >= 15 is 0 Å². The van der Waals surface area contributed by atoms with E-state index in [9.17, 15) is 13.2 Å². The number of hydrogen-bond donors (Lipinski definition) is 4. The molecule has 2 aromatic rings. The molecule has 0 aromatic heterocycles. The number of nitrogen functional groups attached to an aromatic ring is 1. The Hall–Kier alpha value is -2.71. The fraction of sp³-hybridized carbons (Fsp3) is 0.300. The molecule has 8 heteroatoms. The highest BCUT2D eigenvalue weighted by atomic mass is 32.2. The summed E-state index contributed by atoms with van der Waals surface area (Å²) in [5, 5.41) is 10.0. The summed E-state index contributed by atoms with van der Waals surface area (Å²) >= 11 is 0. The fourth-order valence-corrected chi connectivity index (χ4v) is 4.95. The Morgan fingerprint density at radius 1 is 1.14 bits per heavy atom. The molecule has 28 heavy (non-hydrogen) atoms. The maximum absolute atomic E-state index is 13.0. The summed E-state index contributed by atoms with van der Waals surface area (Å²) in [4.78, 5) is 12.5. The third kappa shape index (κ3) is 4.96. The van der Waals surface area contributed by atoms with Crippen molar-refractivity contribution in [3.8, 4) is 0 Å². The van der Waals surface area contributed by atoms with Crippen LogP contribution in [0, 0.1) is 26.2 Å². The van der Waals surface area contributed by atoms with Gasteiger partial charge in [0.1, 0.15) is 11.9 Å². The average molecular weight is 403 g/mol. The monoisotopic (exact) mass is 402 g/mol. The van der Waals surface area contributed by atoms with Gasteiger partial charge >= 0.3 is 0 Å². The largest absolute Gasteiger partial charge is 0.384 e. The Morgan fingerprint density at radius 2 is 1.75 bits per heavy atom. The molecule has 0 aliphatic carbocycles. The van der Waals surface area contributed by atoms with E-state index in [1.165, 1.54) is 7.05 Å². The zero-order valence-corrected chi connectivity index (χ0v) is 17.3. The topological polar surface area (TPSA) is 125 Å². The number of likely N-dealkylation sites (N-methyl/N-ethyl adjacent to an activating group) is 1. The fourth-order valence-electron chi connectivity index (χ4n) is 3.30. The summed E-state index contributed by atoms with van der Waals surface area (Å²) in [6.07, 6.45) is 0.129. The van der Waals surface area contributed by atoms with Crippen LogP contribution in [0.3, 0.4) is 0 Å². The lowest BCUT2D eigenvalue weighted by molar-refractivity contribution is -0.122. The minimum Gasteiger partial charge on any atom is -0.384 e. The van der Waals surface area contributed by atoms with Crippen molar-refractivity contribution in [2.45, 2.75) is 38.1 Å². The highest BCUT2D eigenvalue weighted by Gasteiger charge is 2.28. The summed E-state index contributed by atoms with van der Waals surface area (Å²) < 4.78 is 28.6. The molecule has 0 saturated carbocycles. The minimum absolute atomic E-state index is 0.0928. The van der Waals surface area contributed by atoms with Gasteiger partial charge in [-0.25, -0.2) is 8.42 Å². The molecule has 2 aromatic carbocycles. The van der Waals surface area contributed by atoms with Crippen LogP contribution in [0.5, 0.6) is 0 Å². The highest BCUT2D eigenvalue weighted by Crippen LogP contribution is 2.22. The predicted molar refractivity (Wildman–Crippen MR) is 110 cm³/mol. The molecule has 0 spiro atoms. The first-order chi connectivity index (χ1) is 13.0. The number of amidine groups is 1. The zero-order valence-electron chi connectivity index (χ0n) is 16.5. The molecule has 0 unspecified atom stereocenters. The lowest BCUT2D eigenvalue weighted by Gasteiger charge is -2.20. The first kappa shape index (κ1) is 21.6. The van der Waals surface area contributed by atoms with Crippen LogP contribution in [0.25, 0.3) is 0 Å². The van der Waals surface area contributed by atoms with Gasteiger partial charge in [-0.2, -0.15) is 4.72 Å². The van der Waals surface area contributed by atoms with Crippen LogP contribution in [-0.4, -0.2) is 33.3 Å². The lowest BCUT2D eigenvalue weighted by atomic mass is 10.0. The Morgan fingerprint density at radius 3 is 2.29 bits per heavy atom. The van der Waals surface area contributed by atoms with Crippen LogP contribution in [0.15, 0.2) is 41.3 Å². The molecule has 0 aliphatic heterocycles. The normalized spacial score (nSPS) is 12.4. The van der Waals surface area contributed by atoms with Crippen LogP contribution >= 0.6 is 0 Å². The second-order valence-corrected chi connectivity index (χ2v) is 8.48. The Kier molecular flexibility index (Phi) is 6.58. The smallest absolute Gasteiger partial charge is 0.241 e. The molecule has 0 radical (unpaired) electrons. The van der Waals surface area contributed by atoms with Crippen molar-refractivity contribution < 1.29 is 13.2 Å². The Labute approximate surface area is 165 Å². The standard InChI is InChI=1S/C20H26N4O3S/c1-12-8-13(2)18(14(3)9-12)28(26,27)24-17(20(25)23-4)11-15-6-5-7-16(10-15)19(21)22/h5-10,17,24H,11H2,1-4H3,(H3,21,22)(H,23,25)/t17-/m0/s1. The molecule has 150 valence electrons. The van der Waals surface area contributed by atoms with E-state index in [0.29, 0.717) is 22.3 Å². The molecular weight excluding hydrogens is 376 g/mol. The number of benzene rings is 2. The van der Waals surface area contributed by atoms with Crippen molar-refractivity contribution >= 4 is 21.8 Å². The molecule has 0 bridgehead atoms. The molecule has 0 aliphatic rings. The number of amides is 1. The van der Waals surface area contributed by atoms with E-state index in [1.54, 1.807) is 50.2 Å². The highest BCUT2D eigenvalue weighted by molar-refractivity contribution is 7.89. The SMILES string of the molecule is CNC(=O)[C@H](Cc1cccc(C(=N)N)c1)NS(=O)(=O)c1c(C)cc(C)cc1C. The lowest BCUT2D eigenvalue weighted by Crippen LogP contribution is -2.47. The zero-order chi connectivity index (χ0) is 21.1. The van der Waals surface area contributed by atoms with Gasteiger partial charge in [-0.05, 0) is 49.9 Å². The molecule has 5 N–H and O–H groups in total. The number of hydrogen-bond acceptors (Lipinski definition) is 4. The number of nitrogens with one attached hydrogen (secondary N) is 3. The van der Waals surface area contributed by atoms with Gasteiger partial charge in [0.15, 0.2) is 0 Å². The second-order valence-electron chi connectivity index (χ2n) is 6.83. The molecule has 0 heterocycles. The van der Waals surface area contributed by atoms with Crippen LogP contribution in [0.4, 0.5) is 0 Å². The second kappa shape index (κ2) is 8.53. The Balaban J connectivity index is 2.38. The summed E-state index contributed by atoms with van der Waals surface area (Å²) in [6, 6.07) is 9.44. The van der Waals surface area contributed by atoms with Crippen molar-refractivity contribution in [3.63, 3.8) is 0 Å². The molecule has 1 amide bonds. The molecule has 2 rings (SSSR count). The van der Waals surface area contributed by atoms with Crippen molar-refractivity contribution in [2.75, 3.05) is 7.05 Å². The number of aryl methyl sites for hydroxylation is 3. The third-order valence-corrected chi connectivity index (χ3v) is 6.19. The number of carbonyl (C=O) groups excluding carboxylic acids is 1. The van der Waals surface area contributed by atoms with Crippen LogP contribution < -0.4 is 15.8 Å². The average Bonchev–Trinajstić information content (AvgIpc) is 2.59. The van der Waals surface area contributed by atoms with E-state index in [1.807, 2.05) is 6.92 Å². The van der Waals surface area contributed by atoms with Crippen LogP contribution in [-0.2, 0) is 21.2 Å². The van der Waals surface area contributed by atoms with Gasteiger partial charge in [-0.3, -0.25) is 10.2 Å². The maximum atomic E-state index is 13.0. The van der Waals surface area contributed by atoms with Crippen molar-refractivity contribution in [3.05, 3.63) is 64.2 Å². The van der Waals surface area contributed by atoms with Gasteiger partial charge in [0, 0.05) is 12.6 Å². The van der Waals surface area contributed by atoms with Gasteiger partial charge in [0.05, 0.1) is 4.90 Å². The summed E-state index contributed by atoms with van der Waals surface area (Å²) in [5.41, 5.74) is 8.94. The predicted octanol–water partition coefficient (Wildman–Crippen LogP) is 1.53. The van der Waals surface area contributed by atoms with E-state index in [-0.39, 0.29) is 17.2 Å². The molecule has 0 fully saturated rings. The maximum Gasteiger partial charge on any atom is 0.241 e. The van der Waals surface area contributed by atoms with Crippen LogP contribution in [0.2, 0.25) is 0 Å². The Bertz CT molecular complexity index is 993. The van der Waals surface area contributed by atoms with E-state index in [4.69, 9.17) is 11.1 Å². The molecule has 0 saturated heterocycles. The molecule has 1 atom stereocenters. The van der Waals surface area contributed by atoms with Gasteiger partial charge < -0.3 is 11.1 Å². The quantitative estimate of drug-likeness (QED) is 0.414. The first-order valence-electron chi connectivity index (χ1n) is 8.80. The molecule has 7 nitrogen and oxygen atoms in total. The number of sulfonamides is 1. The number of rotatable bonds is 7. The van der Waals surface area contributed by atoms with Crippen LogP contribution in [0.1, 0.15) is 27.8 Å². The van der Waals surface area contributed by atoms with E-state index in [0.717, 1.165) is 5.56 Å². The molecular formula is C20H26N4O3S. The first-order valence-corrected chi connectivity index (χ1v) is 10.3. The minimum atomic E-state index is -3.92. The van der Waals surface area contributed by atoms with E-state index in [2.05, 4.69) is 10.0 Å². The van der Waals surface area contributed by atoms with Crippen molar-refractivity contribution in [2.24, 2.45) is 5.73 Å². The van der Waals surface area contributed by atoms with Gasteiger partial charge in [-0.1, -0.05) is 35.9 Å². The van der Waals surface area contributed by atoms with Gasteiger partial charge in [0.25, 0.3) is 0 Å². The van der Waals surface area contributed by atoms with Crippen molar-refractivity contribution in [1.82, 2.24) is 10.0 Å². The summed E-state index contributed by atoms with van der Waals surface area (Å²) in [6.45, 7) is 5.37. The van der Waals surface area contributed by atoms with E-state index < -0.39 is 22.0 Å². The third-order valence-electron chi connectivity index (χ3n) is 4.41. The number of nitrogens with two attached hydrogens (primary N) is 1. The summed E-state index contributed by atoms with van der Waals surface area (Å²) in [5.74, 6) is -0.538. The van der Waals surface area contributed by atoms with Gasteiger partial charge in [-0.15, -0.1) is 0 Å². The van der Waals surface area contributed by atoms with Gasteiger partial charge in [0.2, 0.25) is 15.9 Å².